The molecule has 0 rings (SSSR count). The molecule has 0 aliphatic carbocycles. The minimum atomic E-state index is -0.786. The van der Waals surface area contributed by atoms with Gasteiger partial charge in [0.2, 0.25) is 0 Å². The molecule has 0 bridgehead atoms. The number of allylic oxidation sites excluding steroid dienone is 10. The van der Waals surface area contributed by atoms with Crippen LogP contribution in [0.2, 0.25) is 0 Å². The normalized spacial score (nSPS) is 12.6. The van der Waals surface area contributed by atoms with Crippen molar-refractivity contribution in [2.75, 3.05) is 13.2 Å². The summed E-state index contributed by atoms with van der Waals surface area (Å²) in [6.45, 7) is 6.37. The molecule has 0 fully saturated rings. The van der Waals surface area contributed by atoms with Crippen LogP contribution in [0, 0.1) is 0 Å². The number of carbonyl (C=O) groups excluding carboxylic acids is 3. The van der Waals surface area contributed by atoms with Gasteiger partial charge in [-0.1, -0.05) is 184 Å². The Labute approximate surface area is 345 Å². The highest BCUT2D eigenvalue weighted by Crippen LogP contribution is 2.14. The number of unbranched alkanes of at least 4 members (excludes halogenated alkanes) is 20. The van der Waals surface area contributed by atoms with Gasteiger partial charge in [0, 0.05) is 19.3 Å². The molecule has 322 valence electrons. The first-order valence-corrected chi connectivity index (χ1v) is 23.3. The van der Waals surface area contributed by atoms with Gasteiger partial charge in [-0.25, -0.2) is 0 Å². The summed E-state index contributed by atoms with van der Waals surface area (Å²) in [5.41, 5.74) is 0. The first kappa shape index (κ1) is 53.1. The molecule has 0 aromatic carbocycles. The van der Waals surface area contributed by atoms with E-state index in [0.29, 0.717) is 19.3 Å². The second kappa shape index (κ2) is 44.8. The van der Waals surface area contributed by atoms with Crippen molar-refractivity contribution in [2.45, 2.75) is 226 Å². The predicted molar refractivity (Wildman–Crippen MR) is 238 cm³/mol. The number of carbonyl (C=O) groups is 3. The largest absolute Gasteiger partial charge is 0.462 e. The van der Waals surface area contributed by atoms with Crippen LogP contribution in [0.1, 0.15) is 220 Å². The van der Waals surface area contributed by atoms with Crippen LogP contribution in [0.3, 0.4) is 0 Å². The average molecular weight is 783 g/mol. The molecular weight excluding hydrogens is 697 g/mol. The number of esters is 3. The van der Waals surface area contributed by atoms with E-state index in [9.17, 15) is 14.4 Å². The van der Waals surface area contributed by atoms with Crippen LogP contribution in [0.15, 0.2) is 60.8 Å². The van der Waals surface area contributed by atoms with Gasteiger partial charge in [-0.2, -0.15) is 0 Å². The Morgan fingerprint density at radius 1 is 0.375 bits per heavy atom. The first-order valence-electron chi connectivity index (χ1n) is 23.3. The van der Waals surface area contributed by atoms with Crippen molar-refractivity contribution >= 4 is 17.9 Å². The Hall–Kier alpha value is -2.89. The molecule has 0 saturated carbocycles. The molecule has 1 atom stereocenters. The maximum atomic E-state index is 12.7. The SMILES string of the molecule is CC/C=C\C/C=C\C/C=C\CCCCCCC(=O)OCC(COC(=O)CCCCCCCCCCCCCC)OC(=O)CCCCCCC/C=C\C/C=C\CC. The topological polar surface area (TPSA) is 78.9 Å². The zero-order valence-corrected chi connectivity index (χ0v) is 36.6. The Morgan fingerprint density at radius 3 is 1.09 bits per heavy atom. The second-order valence-corrected chi connectivity index (χ2v) is 15.3. The summed E-state index contributed by atoms with van der Waals surface area (Å²) in [5, 5.41) is 0. The molecule has 6 nitrogen and oxygen atoms in total. The fourth-order valence-electron chi connectivity index (χ4n) is 6.32. The first-order chi connectivity index (χ1) is 27.5. The minimum absolute atomic E-state index is 0.0862. The number of hydrogen-bond donors (Lipinski definition) is 0. The van der Waals surface area contributed by atoms with Crippen molar-refractivity contribution in [1.82, 2.24) is 0 Å². The lowest BCUT2D eigenvalue weighted by molar-refractivity contribution is -0.167. The van der Waals surface area contributed by atoms with Gasteiger partial charge in [-0.05, 0) is 77.0 Å². The van der Waals surface area contributed by atoms with E-state index in [4.69, 9.17) is 14.2 Å². The minimum Gasteiger partial charge on any atom is -0.462 e. The fourth-order valence-corrected chi connectivity index (χ4v) is 6.32. The number of rotatable bonds is 41. The molecule has 0 spiro atoms. The van der Waals surface area contributed by atoms with E-state index >= 15 is 0 Å². The zero-order chi connectivity index (χ0) is 40.8. The Kier molecular flexibility index (Phi) is 42.5. The smallest absolute Gasteiger partial charge is 0.306 e. The van der Waals surface area contributed by atoms with Crippen molar-refractivity contribution in [2.24, 2.45) is 0 Å². The molecule has 1 unspecified atom stereocenters. The average Bonchev–Trinajstić information content (AvgIpc) is 3.19. The Bertz CT molecular complexity index is 1040. The maximum Gasteiger partial charge on any atom is 0.306 e. The summed E-state index contributed by atoms with van der Waals surface area (Å²) < 4.78 is 16.7. The highest BCUT2D eigenvalue weighted by atomic mass is 16.6. The lowest BCUT2D eigenvalue weighted by atomic mass is 10.0. The van der Waals surface area contributed by atoms with E-state index in [2.05, 4.69) is 81.5 Å². The van der Waals surface area contributed by atoms with E-state index in [1.807, 2.05) is 0 Å². The molecule has 0 heterocycles. The Morgan fingerprint density at radius 2 is 0.696 bits per heavy atom. The van der Waals surface area contributed by atoms with Gasteiger partial charge in [0.15, 0.2) is 6.10 Å². The van der Waals surface area contributed by atoms with Crippen molar-refractivity contribution < 1.29 is 28.6 Å². The van der Waals surface area contributed by atoms with Crippen molar-refractivity contribution in [3.63, 3.8) is 0 Å². The van der Waals surface area contributed by atoms with Crippen molar-refractivity contribution in [1.29, 1.82) is 0 Å². The van der Waals surface area contributed by atoms with Gasteiger partial charge in [-0.3, -0.25) is 14.4 Å². The standard InChI is InChI=1S/C50H86O6/c1-4-7-10-13-16-19-22-25-26-29-31-34-37-40-43-49(52)55-46-47(56-50(53)44-41-38-35-32-28-24-21-18-15-12-9-6-3)45-54-48(51)42-39-36-33-30-27-23-20-17-14-11-8-5-2/h7,9-10,12,16,18-19,21,25-26,47H,4-6,8,11,13-15,17,20,22-24,27-46H2,1-3H3/b10-7-,12-9-,19-16-,21-18-,26-25-. The quantitative estimate of drug-likeness (QED) is 0.0266. The molecule has 0 N–H and O–H groups in total. The highest BCUT2D eigenvalue weighted by Gasteiger charge is 2.19. The van der Waals surface area contributed by atoms with Crippen LogP contribution in [-0.4, -0.2) is 37.2 Å². The van der Waals surface area contributed by atoms with E-state index in [1.165, 1.54) is 57.8 Å². The third-order valence-electron chi connectivity index (χ3n) is 9.77. The van der Waals surface area contributed by atoms with Gasteiger partial charge in [-0.15, -0.1) is 0 Å². The van der Waals surface area contributed by atoms with Gasteiger partial charge in [0.05, 0.1) is 0 Å². The summed E-state index contributed by atoms with van der Waals surface area (Å²) in [6.07, 6.45) is 53.4. The number of ether oxygens (including phenoxy) is 3. The summed E-state index contributed by atoms with van der Waals surface area (Å²) in [5.74, 6) is -0.926. The van der Waals surface area contributed by atoms with E-state index in [-0.39, 0.29) is 31.1 Å². The third kappa shape index (κ3) is 42.3. The van der Waals surface area contributed by atoms with Gasteiger partial charge < -0.3 is 14.2 Å². The van der Waals surface area contributed by atoms with Crippen LogP contribution in [0.25, 0.3) is 0 Å². The van der Waals surface area contributed by atoms with Crippen LogP contribution in [0.5, 0.6) is 0 Å². The van der Waals surface area contributed by atoms with Gasteiger partial charge >= 0.3 is 17.9 Å². The van der Waals surface area contributed by atoms with Gasteiger partial charge in [0.25, 0.3) is 0 Å². The molecule has 6 heteroatoms. The van der Waals surface area contributed by atoms with Crippen molar-refractivity contribution in [3.05, 3.63) is 60.8 Å². The molecular formula is C50H86O6. The second-order valence-electron chi connectivity index (χ2n) is 15.3. The lowest BCUT2D eigenvalue weighted by Crippen LogP contribution is -2.30. The van der Waals surface area contributed by atoms with Crippen LogP contribution in [0.4, 0.5) is 0 Å². The lowest BCUT2D eigenvalue weighted by Gasteiger charge is -2.18. The Balaban J connectivity index is 4.43. The predicted octanol–water partition coefficient (Wildman–Crippen LogP) is 14.9. The fraction of sp³-hybridized carbons (Fsp3) is 0.740. The van der Waals surface area contributed by atoms with Crippen LogP contribution in [-0.2, 0) is 28.6 Å². The molecule has 0 aliphatic heterocycles. The molecule has 0 amide bonds. The zero-order valence-electron chi connectivity index (χ0n) is 36.6. The molecule has 56 heavy (non-hydrogen) atoms. The summed E-state index contributed by atoms with van der Waals surface area (Å²) in [7, 11) is 0. The highest BCUT2D eigenvalue weighted by molar-refractivity contribution is 5.71. The third-order valence-corrected chi connectivity index (χ3v) is 9.77. The maximum absolute atomic E-state index is 12.7. The number of hydrogen-bond acceptors (Lipinski definition) is 6. The summed E-state index contributed by atoms with van der Waals surface area (Å²) in [4.78, 5) is 37.8. The molecule has 0 aromatic heterocycles. The molecule has 0 saturated heterocycles. The van der Waals surface area contributed by atoms with E-state index in [0.717, 1.165) is 122 Å². The van der Waals surface area contributed by atoms with Gasteiger partial charge in [0.1, 0.15) is 13.2 Å². The summed E-state index contributed by atoms with van der Waals surface area (Å²) >= 11 is 0. The van der Waals surface area contributed by atoms with E-state index < -0.39 is 6.10 Å². The summed E-state index contributed by atoms with van der Waals surface area (Å²) in [6, 6.07) is 0. The van der Waals surface area contributed by atoms with Crippen LogP contribution >= 0.6 is 0 Å². The molecule has 0 aromatic rings. The molecule has 0 aliphatic rings. The monoisotopic (exact) mass is 783 g/mol. The van der Waals surface area contributed by atoms with Crippen molar-refractivity contribution in [3.8, 4) is 0 Å². The molecule has 0 radical (unpaired) electrons. The van der Waals surface area contributed by atoms with Crippen LogP contribution < -0.4 is 0 Å². The van der Waals surface area contributed by atoms with E-state index in [1.54, 1.807) is 0 Å².